The van der Waals surface area contributed by atoms with Gasteiger partial charge in [-0.1, -0.05) is 22.9 Å². The monoisotopic (exact) mass is 511 g/mol. The molecule has 1 aliphatic heterocycles. The first-order valence-corrected chi connectivity index (χ1v) is 11.7. The number of nitrogens with one attached hydrogen (secondary N) is 2. The van der Waals surface area contributed by atoms with Gasteiger partial charge in [-0.05, 0) is 48.7 Å². The fourth-order valence-corrected chi connectivity index (χ4v) is 4.88. The Bertz CT molecular complexity index is 1150. The number of piperidine rings is 1. The van der Waals surface area contributed by atoms with Gasteiger partial charge in [0.15, 0.2) is 5.82 Å². The van der Waals surface area contributed by atoms with E-state index in [0.717, 1.165) is 55.0 Å². The Morgan fingerprint density at radius 1 is 1.15 bits per heavy atom. The smallest absolute Gasteiger partial charge is 0.372 e. The van der Waals surface area contributed by atoms with Crippen LogP contribution in [0.2, 0.25) is 5.02 Å². The molecule has 13 heteroatoms. The molecule has 8 nitrogen and oxygen atoms in total. The lowest BCUT2D eigenvalue weighted by atomic mass is 9.98. The summed E-state index contributed by atoms with van der Waals surface area (Å²) in [7, 11) is 1.78. The van der Waals surface area contributed by atoms with E-state index in [-0.39, 0.29) is 21.6 Å². The molecule has 34 heavy (non-hydrogen) atoms. The standard InChI is InChI=1S/C21H21ClF3N7OS/c1-26-16-4-5-17(29-28-16)32-8-6-12(7-9-32)19-30-31-20(34-19)27-18(33)11-13-10-14(22)2-3-15(13)21(23,24)25/h2-5,10,12H,6-9,11H2,1H3,(H,26,28)(H,27,31,33). The highest BCUT2D eigenvalue weighted by Crippen LogP contribution is 2.35. The van der Waals surface area contributed by atoms with E-state index >= 15 is 0 Å². The Hall–Kier alpha value is -2.99. The lowest BCUT2D eigenvalue weighted by molar-refractivity contribution is -0.138. The van der Waals surface area contributed by atoms with Gasteiger partial charge in [-0.25, -0.2) is 0 Å². The van der Waals surface area contributed by atoms with Gasteiger partial charge in [-0.2, -0.15) is 13.2 Å². The number of aromatic nitrogens is 4. The summed E-state index contributed by atoms with van der Waals surface area (Å²) >= 11 is 7.07. The van der Waals surface area contributed by atoms with Crippen LogP contribution in [0.25, 0.3) is 0 Å². The van der Waals surface area contributed by atoms with Crippen molar-refractivity contribution in [3.63, 3.8) is 0 Å². The van der Waals surface area contributed by atoms with Crippen LogP contribution in [0.1, 0.15) is 34.9 Å². The Balaban J connectivity index is 1.34. The normalized spacial score (nSPS) is 14.8. The summed E-state index contributed by atoms with van der Waals surface area (Å²) in [6, 6.07) is 6.97. The van der Waals surface area contributed by atoms with E-state index in [1.54, 1.807) is 7.05 Å². The molecular weight excluding hydrogens is 491 g/mol. The second-order valence-electron chi connectivity index (χ2n) is 7.76. The maximum absolute atomic E-state index is 13.2. The third-order valence-corrected chi connectivity index (χ3v) is 6.72. The molecule has 0 radical (unpaired) electrons. The second kappa shape index (κ2) is 10.1. The summed E-state index contributed by atoms with van der Waals surface area (Å²) in [6.07, 6.45) is -3.40. The Kier molecular flexibility index (Phi) is 7.17. The Morgan fingerprint density at radius 3 is 2.56 bits per heavy atom. The van der Waals surface area contributed by atoms with Crippen LogP contribution in [0, 0.1) is 0 Å². The molecule has 1 amide bonds. The summed E-state index contributed by atoms with van der Waals surface area (Å²) in [5, 5.41) is 23.2. The van der Waals surface area contributed by atoms with Crippen molar-refractivity contribution in [3.8, 4) is 0 Å². The SMILES string of the molecule is CNc1ccc(N2CCC(c3nnc(NC(=O)Cc4cc(Cl)ccc4C(F)(F)F)s3)CC2)nn1. The maximum atomic E-state index is 13.2. The third-order valence-electron chi connectivity index (χ3n) is 5.49. The molecule has 1 saturated heterocycles. The molecule has 180 valence electrons. The highest BCUT2D eigenvalue weighted by Gasteiger charge is 2.34. The number of benzene rings is 1. The van der Waals surface area contributed by atoms with E-state index in [1.807, 2.05) is 12.1 Å². The first-order valence-electron chi connectivity index (χ1n) is 10.5. The van der Waals surface area contributed by atoms with Crippen molar-refractivity contribution >= 4 is 45.6 Å². The quantitative estimate of drug-likeness (QED) is 0.499. The molecule has 0 aliphatic carbocycles. The molecule has 1 aromatic carbocycles. The summed E-state index contributed by atoms with van der Waals surface area (Å²) in [5.74, 6) is 1.07. The van der Waals surface area contributed by atoms with Crippen LogP contribution in [0.5, 0.6) is 0 Å². The summed E-state index contributed by atoms with van der Waals surface area (Å²) in [4.78, 5) is 14.5. The zero-order valence-electron chi connectivity index (χ0n) is 18.1. The van der Waals surface area contributed by atoms with Gasteiger partial charge in [0.25, 0.3) is 0 Å². The van der Waals surface area contributed by atoms with Gasteiger partial charge in [0.2, 0.25) is 11.0 Å². The summed E-state index contributed by atoms with van der Waals surface area (Å²) < 4.78 is 39.7. The van der Waals surface area contributed by atoms with Gasteiger partial charge in [0.05, 0.1) is 12.0 Å². The van der Waals surface area contributed by atoms with E-state index in [2.05, 4.69) is 35.9 Å². The van der Waals surface area contributed by atoms with E-state index in [0.29, 0.717) is 5.82 Å². The fourth-order valence-electron chi connectivity index (χ4n) is 3.75. The van der Waals surface area contributed by atoms with Crippen molar-refractivity contribution in [2.24, 2.45) is 0 Å². The van der Waals surface area contributed by atoms with Crippen LogP contribution in [0.3, 0.4) is 0 Å². The summed E-state index contributed by atoms with van der Waals surface area (Å²) in [6.45, 7) is 1.54. The highest BCUT2D eigenvalue weighted by molar-refractivity contribution is 7.15. The van der Waals surface area contributed by atoms with E-state index in [4.69, 9.17) is 11.6 Å². The van der Waals surface area contributed by atoms with Gasteiger partial charge in [0, 0.05) is 31.1 Å². The number of hydrogen-bond donors (Lipinski definition) is 2. The third kappa shape index (κ3) is 5.73. The predicted octanol–water partition coefficient (Wildman–Crippen LogP) is 4.61. The van der Waals surface area contributed by atoms with Crippen LogP contribution in [0.15, 0.2) is 30.3 Å². The fraction of sp³-hybridized carbons (Fsp3) is 0.381. The number of carbonyl (C=O) groups is 1. The second-order valence-corrected chi connectivity index (χ2v) is 9.20. The predicted molar refractivity (Wildman–Crippen MR) is 124 cm³/mol. The molecule has 2 aromatic heterocycles. The Morgan fingerprint density at radius 2 is 1.91 bits per heavy atom. The van der Waals surface area contributed by atoms with Crippen LogP contribution < -0.4 is 15.5 Å². The van der Waals surface area contributed by atoms with Crippen molar-refractivity contribution in [1.29, 1.82) is 0 Å². The molecule has 1 aliphatic rings. The van der Waals surface area contributed by atoms with E-state index in [1.165, 1.54) is 11.3 Å². The van der Waals surface area contributed by atoms with Crippen LogP contribution in [0.4, 0.5) is 29.9 Å². The molecule has 0 spiro atoms. The van der Waals surface area contributed by atoms with Crippen molar-refractivity contribution in [2.45, 2.75) is 31.4 Å². The zero-order valence-corrected chi connectivity index (χ0v) is 19.6. The molecule has 0 saturated carbocycles. The van der Waals surface area contributed by atoms with Crippen LogP contribution >= 0.6 is 22.9 Å². The van der Waals surface area contributed by atoms with Crippen molar-refractivity contribution in [3.05, 3.63) is 51.5 Å². The van der Waals surface area contributed by atoms with Crippen molar-refractivity contribution in [2.75, 3.05) is 35.7 Å². The molecule has 3 heterocycles. The molecule has 1 fully saturated rings. The summed E-state index contributed by atoms with van der Waals surface area (Å²) in [5.41, 5.74) is -1.08. The molecule has 0 atom stereocenters. The minimum absolute atomic E-state index is 0.129. The number of anilines is 3. The van der Waals surface area contributed by atoms with Gasteiger partial charge in [0.1, 0.15) is 10.8 Å². The molecular formula is C21H21ClF3N7OS. The number of carbonyl (C=O) groups excluding carboxylic acids is 1. The average Bonchev–Trinajstić information content (AvgIpc) is 3.26. The topological polar surface area (TPSA) is 95.9 Å². The molecule has 3 aromatic rings. The average molecular weight is 512 g/mol. The number of alkyl halides is 3. The van der Waals surface area contributed by atoms with Gasteiger partial charge in [-0.3, -0.25) is 4.79 Å². The molecule has 4 rings (SSSR count). The zero-order chi connectivity index (χ0) is 24.3. The number of halogens is 4. The van der Waals surface area contributed by atoms with Gasteiger partial charge in [-0.15, -0.1) is 20.4 Å². The molecule has 2 N–H and O–H groups in total. The Labute approximate surface area is 202 Å². The molecule has 0 bridgehead atoms. The van der Waals surface area contributed by atoms with Crippen LogP contribution in [-0.2, 0) is 17.4 Å². The largest absolute Gasteiger partial charge is 0.416 e. The number of amides is 1. The van der Waals surface area contributed by atoms with Crippen molar-refractivity contribution < 1.29 is 18.0 Å². The van der Waals surface area contributed by atoms with E-state index < -0.39 is 24.1 Å². The maximum Gasteiger partial charge on any atom is 0.416 e. The lowest BCUT2D eigenvalue weighted by Crippen LogP contribution is -2.33. The van der Waals surface area contributed by atoms with Crippen LogP contribution in [-0.4, -0.2) is 46.4 Å². The lowest BCUT2D eigenvalue weighted by Gasteiger charge is -2.31. The van der Waals surface area contributed by atoms with Gasteiger partial charge < -0.3 is 15.5 Å². The van der Waals surface area contributed by atoms with E-state index in [9.17, 15) is 18.0 Å². The number of hydrogen-bond acceptors (Lipinski definition) is 8. The highest BCUT2D eigenvalue weighted by atomic mass is 35.5. The number of nitrogens with zero attached hydrogens (tertiary/aromatic N) is 5. The minimum atomic E-state index is -4.58. The first kappa shape index (κ1) is 24.1. The van der Waals surface area contributed by atoms with Crippen molar-refractivity contribution in [1.82, 2.24) is 20.4 Å². The minimum Gasteiger partial charge on any atom is -0.372 e. The van der Waals surface area contributed by atoms with Gasteiger partial charge >= 0.3 is 6.18 Å². The molecule has 0 unspecified atom stereocenters. The first-order chi connectivity index (χ1) is 16.2. The number of rotatable bonds is 6.